The second-order valence-corrected chi connectivity index (χ2v) is 5.61. The molecule has 2 heterocycles. The van der Waals surface area contributed by atoms with E-state index >= 15 is 0 Å². The third-order valence-electron chi connectivity index (χ3n) is 3.91. The largest absolute Gasteiger partial charge is 0.365 e. The molecule has 1 fully saturated rings. The molecule has 1 amide bonds. The van der Waals surface area contributed by atoms with Gasteiger partial charge in [0.25, 0.3) is 0 Å². The molecule has 1 saturated heterocycles. The number of imidazole rings is 1. The van der Waals surface area contributed by atoms with Gasteiger partial charge in [0, 0.05) is 38.4 Å². The van der Waals surface area contributed by atoms with Crippen LogP contribution >= 0.6 is 0 Å². The number of carbonyl (C=O) groups excluding carboxylic acids is 1. The number of carbonyl (C=O) groups is 1. The van der Waals surface area contributed by atoms with Gasteiger partial charge in [-0.1, -0.05) is 0 Å². The Kier molecular flexibility index (Phi) is 5.61. The lowest BCUT2D eigenvalue weighted by molar-refractivity contribution is -0.171. The minimum Gasteiger partial charge on any atom is -0.365 e. The van der Waals surface area contributed by atoms with Crippen LogP contribution in [0.4, 0.5) is 17.6 Å². The molecule has 1 aliphatic heterocycles. The Morgan fingerprint density at radius 2 is 2.09 bits per heavy atom. The first kappa shape index (κ1) is 17.7. The van der Waals surface area contributed by atoms with Crippen molar-refractivity contribution in [1.29, 1.82) is 0 Å². The van der Waals surface area contributed by atoms with Crippen LogP contribution in [0.25, 0.3) is 0 Å². The highest BCUT2D eigenvalue weighted by Crippen LogP contribution is 2.27. The Bertz CT molecular complexity index is 528. The molecular weight excluding hydrogens is 318 g/mol. The van der Waals surface area contributed by atoms with E-state index in [2.05, 4.69) is 9.72 Å². The Hall–Kier alpha value is -1.64. The lowest BCUT2D eigenvalue weighted by Crippen LogP contribution is -2.41. The zero-order valence-corrected chi connectivity index (χ0v) is 12.7. The monoisotopic (exact) mass is 337 g/mol. The molecule has 1 aliphatic rings. The van der Waals surface area contributed by atoms with E-state index in [1.807, 2.05) is 17.8 Å². The van der Waals surface area contributed by atoms with Gasteiger partial charge in [0.15, 0.2) is 0 Å². The van der Waals surface area contributed by atoms with E-state index in [1.54, 1.807) is 6.20 Å². The number of likely N-dealkylation sites (tertiary alicyclic amines) is 1. The highest BCUT2D eigenvalue weighted by atomic mass is 19.3. The topological polar surface area (TPSA) is 47.4 Å². The molecule has 0 saturated carbocycles. The summed E-state index contributed by atoms with van der Waals surface area (Å²) < 4.78 is 55.7. The van der Waals surface area contributed by atoms with Crippen LogP contribution in [0.3, 0.4) is 0 Å². The van der Waals surface area contributed by atoms with Gasteiger partial charge >= 0.3 is 12.3 Å². The second-order valence-electron chi connectivity index (χ2n) is 5.61. The summed E-state index contributed by atoms with van der Waals surface area (Å²) in [7, 11) is 1.90. The minimum atomic E-state index is -4.23. The molecule has 0 atom stereocenters. The van der Waals surface area contributed by atoms with Crippen LogP contribution in [-0.4, -0.2) is 59.0 Å². The molecule has 0 aromatic carbocycles. The van der Waals surface area contributed by atoms with E-state index in [4.69, 9.17) is 0 Å². The van der Waals surface area contributed by atoms with Crippen LogP contribution < -0.4 is 0 Å². The van der Waals surface area contributed by atoms with Crippen LogP contribution in [0.15, 0.2) is 12.4 Å². The third-order valence-corrected chi connectivity index (χ3v) is 3.91. The van der Waals surface area contributed by atoms with E-state index in [-0.39, 0.29) is 5.92 Å². The molecular formula is C14H19F4N3O2. The maximum Gasteiger partial charge on any atom is 0.330 e. The van der Waals surface area contributed by atoms with Gasteiger partial charge in [-0.15, -0.1) is 0 Å². The molecule has 5 nitrogen and oxygen atoms in total. The van der Waals surface area contributed by atoms with Crippen molar-refractivity contribution in [2.24, 2.45) is 7.05 Å². The smallest absolute Gasteiger partial charge is 0.330 e. The number of piperidine rings is 1. The number of halogens is 4. The number of rotatable bonds is 6. The van der Waals surface area contributed by atoms with Gasteiger partial charge in [-0.2, -0.15) is 8.78 Å². The zero-order chi connectivity index (χ0) is 17.0. The molecule has 1 aromatic rings. The fourth-order valence-corrected chi connectivity index (χ4v) is 2.59. The molecule has 0 N–H and O–H groups in total. The van der Waals surface area contributed by atoms with Gasteiger partial charge < -0.3 is 14.2 Å². The Labute approximate surface area is 131 Å². The fraction of sp³-hybridized carbons (Fsp3) is 0.714. The van der Waals surface area contributed by atoms with E-state index in [0.29, 0.717) is 25.9 Å². The Balaban J connectivity index is 1.75. The number of nitrogens with zero attached hydrogens (tertiary/aromatic N) is 3. The van der Waals surface area contributed by atoms with Crippen LogP contribution in [0.1, 0.15) is 24.6 Å². The van der Waals surface area contributed by atoms with Gasteiger partial charge in [-0.3, -0.25) is 4.79 Å². The molecule has 2 rings (SSSR count). The summed E-state index contributed by atoms with van der Waals surface area (Å²) in [5.41, 5.74) is 0. The van der Waals surface area contributed by atoms with Crippen molar-refractivity contribution >= 4 is 5.91 Å². The minimum absolute atomic E-state index is 0.239. The zero-order valence-electron chi connectivity index (χ0n) is 12.7. The summed E-state index contributed by atoms with van der Waals surface area (Å²) in [6, 6.07) is 0. The molecule has 0 radical (unpaired) electrons. The average molecular weight is 337 g/mol. The third kappa shape index (κ3) is 4.43. The van der Waals surface area contributed by atoms with E-state index in [9.17, 15) is 22.4 Å². The first-order valence-corrected chi connectivity index (χ1v) is 7.30. The van der Waals surface area contributed by atoms with E-state index in [1.165, 1.54) is 4.90 Å². The Morgan fingerprint density at radius 3 is 2.61 bits per heavy atom. The normalized spacial score (nSPS) is 17.0. The lowest BCUT2D eigenvalue weighted by Gasteiger charge is -2.31. The predicted molar refractivity (Wildman–Crippen MR) is 73.5 cm³/mol. The van der Waals surface area contributed by atoms with Gasteiger partial charge in [0.05, 0.1) is 0 Å². The van der Waals surface area contributed by atoms with Crippen molar-refractivity contribution in [3.8, 4) is 0 Å². The number of amides is 1. The lowest BCUT2D eigenvalue weighted by atomic mass is 9.96. The molecule has 0 bridgehead atoms. The van der Waals surface area contributed by atoms with Crippen LogP contribution in [0, 0.1) is 0 Å². The van der Waals surface area contributed by atoms with E-state index < -0.39 is 31.5 Å². The summed E-state index contributed by atoms with van der Waals surface area (Å²) in [6.07, 6.45) is 1.19. The van der Waals surface area contributed by atoms with Crippen LogP contribution in [-0.2, 0) is 16.6 Å². The highest BCUT2D eigenvalue weighted by molar-refractivity contribution is 5.77. The van der Waals surface area contributed by atoms with Crippen molar-refractivity contribution in [1.82, 2.24) is 14.5 Å². The number of aromatic nitrogens is 2. The molecule has 1 aromatic heterocycles. The van der Waals surface area contributed by atoms with Crippen LogP contribution in [0.2, 0.25) is 0 Å². The molecule has 9 heteroatoms. The maximum atomic E-state index is 12.7. The van der Waals surface area contributed by atoms with Crippen molar-refractivity contribution in [3.05, 3.63) is 18.2 Å². The van der Waals surface area contributed by atoms with Crippen molar-refractivity contribution in [2.45, 2.75) is 31.1 Å². The van der Waals surface area contributed by atoms with Crippen molar-refractivity contribution in [3.63, 3.8) is 0 Å². The highest BCUT2D eigenvalue weighted by Gasteiger charge is 2.41. The summed E-state index contributed by atoms with van der Waals surface area (Å²) in [6.45, 7) is -1.15. The fourth-order valence-electron chi connectivity index (χ4n) is 2.59. The second kappa shape index (κ2) is 7.29. The summed E-state index contributed by atoms with van der Waals surface area (Å²) >= 11 is 0. The van der Waals surface area contributed by atoms with Gasteiger partial charge in [-0.25, -0.2) is 13.8 Å². The maximum absolute atomic E-state index is 12.7. The van der Waals surface area contributed by atoms with Gasteiger partial charge in [0.1, 0.15) is 19.0 Å². The van der Waals surface area contributed by atoms with Crippen molar-refractivity contribution < 1.29 is 27.1 Å². The van der Waals surface area contributed by atoms with Gasteiger partial charge in [-0.05, 0) is 12.8 Å². The summed E-state index contributed by atoms with van der Waals surface area (Å²) in [5, 5.41) is 0. The Morgan fingerprint density at radius 1 is 1.43 bits per heavy atom. The number of hydrogen-bond acceptors (Lipinski definition) is 3. The van der Waals surface area contributed by atoms with Crippen LogP contribution in [0.5, 0.6) is 0 Å². The molecule has 0 aliphatic carbocycles. The van der Waals surface area contributed by atoms with Gasteiger partial charge in [0.2, 0.25) is 5.91 Å². The summed E-state index contributed by atoms with van der Waals surface area (Å²) in [4.78, 5) is 17.6. The predicted octanol–water partition coefficient (Wildman–Crippen LogP) is 2.04. The standard InChI is InChI=1S/C14H19F4N3O2/c1-20-7-4-19-12(20)10-2-5-21(6-3-10)11(22)8-23-9-14(17,18)13(15)16/h4,7,10,13H,2-3,5-6,8-9H2,1H3. The first-order valence-electron chi connectivity index (χ1n) is 7.30. The molecule has 130 valence electrons. The number of aryl methyl sites for hydroxylation is 1. The molecule has 23 heavy (non-hydrogen) atoms. The molecule has 0 unspecified atom stereocenters. The number of hydrogen-bond donors (Lipinski definition) is 0. The van der Waals surface area contributed by atoms with E-state index in [0.717, 1.165) is 5.82 Å². The number of alkyl halides is 4. The molecule has 0 spiro atoms. The first-order chi connectivity index (χ1) is 10.8. The summed E-state index contributed by atoms with van der Waals surface area (Å²) in [5.74, 6) is -3.51. The number of ether oxygens (including phenoxy) is 1. The average Bonchev–Trinajstić information content (AvgIpc) is 2.93. The quantitative estimate of drug-likeness (QED) is 0.747. The SMILES string of the molecule is Cn1ccnc1C1CCN(C(=O)COCC(F)(F)C(F)F)CC1. The van der Waals surface area contributed by atoms with Crippen molar-refractivity contribution in [2.75, 3.05) is 26.3 Å².